The Morgan fingerprint density at radius 1 is 1.47 bits per heavy atom. The quantitative estimate of drug-likeness (QED) is 0.748. The van der Waals surface area contributed by atoms with Crippen LogP contribution in [0, 0.1) is 0 Å². The molecule has 6 nitrogen and oxygen atoms in total. The van der Waals surface area contributed by atoms with E-state index in [4.69, 9.17) is 5.73 Å². The van der Waals surface area contributed by atoms with Crippen LogP contribution in [0.3, 0.4) is 0 Å². The van der Waals surface area contributed by atoms with Gasteiger partial charge in [0.25, 0.3) is 10.0 Å². The lowest BCUT2D eigenvalue weighted by molar-refractivity contribution is 0.603. The van der Waals surface area contributed by atoms with Gasteiger partial charge in [0.1, 0.15) is 4.21 Å². The molecule has 0 fully saturated rings. The first-order chi connectivity index (χ1) is 8.12. The second-order valence-electron chi connectivity index (χ2n) is 3.35. The normalized spacial score (nSPS) is 11.6. The number of nitrogens with one attached hydrogen (secondary N) is 2. The molecule has 0 atom stereocenters. The van der Waals surface area contributed by atoms with E-state index in [0.717, 1.165) is 4.88 Å². The van der Waals surface area contributed by atoms with E-state index in [1.165, 1.54) is 23.7 Å². The SMILES string of the molecule is NCCc1ccc(S(=O)(=O)Nc2cn[nH]c2)s1. The van der Waals surface area contributed by atoms with Gasteiger partial charge >= 0.3 is 0 Å². The first kappa shape index (κ1) is 12.1. The van der Waals surface area contributed by atoms with Crippen LogP contribution >= 0.6 is 11.3 Å². The van der Waals surface area contributed by atoms with E-state index in [-0.39, 0.29) is 4.21 Å². The number of aromatic amines is 1. The monoisotopic (exact) mass is 272 g/mol. The second kappa shape index (κ2) is 4.86. The van der Waals surface area contributed by atoms with Crippen molar-refractivity contribution in [2.75, 3.05) is 11.3 Å². The summed E-state index contributed by atoms with van der Waals surface area (Å²) in [7, 11) is -3.51. The average Bonchev–Trinajstić information content (AvgIpc) is 2.88. The molecule has 0 aliphatic heterocycles. The molecule has 0 aromatic carbocycles. The predicted octanol–water partition coefficient (Wildman–Crippen LogP) is 0.773. The van der Waals surface area contributed by atoms with Crippen LogP contribution in [0.4, 0.5) is 5.69 Å². The fourth-order valence-corrected chi connectivity index (χ4v) is 3.70. The van der Waals surface area contributed by atoms with Crippen molar-refractivity contribution < 1.29 is 8.42 Å². The summed E-state index contributed by atoms with van der Waals surface area (Å²) in [6, 6.07) is 3.36. The Bertz CT molecular complexity index is 574. The van der Waals surface area contributed by atoms with E-state index in [9.17, 15) is 8.42 Å². The smallest absolute Gasteiger partial charge is 0.271 e. The summed E-state index contributed by atoms with van der Waals surface area (Å²) in [4.78, 5) is 0.958. The third-order valence-electron chi connectivity index (χ3n) is 2.04. The van der Waals surface area contributed by atoms with Crippen molar-refractivity contribution in [2.45, 2.75) is 10.6 Å². The molecule has 0 spiro atoms. The third kappa shape index (κ3) is 2.84. The van der Waals surface area contributed by atoms with Crippen LogP contribution in [0.1, 0.15) is 4.88 Å². The van der Waals surface area contributed by atoms with Gasteiger partial charge in [-0.3, -0.25) is 9.82 Å². The highest BCUT2D eigenvalue weighted by Crippen LogP contribution is 2.23. The maximum atomic E-state index is 11.9. The molecule has 0 unspecified atom stereocenters. The predicted molar refractivity (Wildman–Crippen MR) is 66.5 cm³/mol. The summed E-state index contributed by atoms with van der Waals surface area (Å²) < 4.78 is 26.6. The lowest BCUT2D eigenvalue weighted by Gasteiger charge is -2.02. The molecule has 2 rings (SSSR count). The van der Waals surface area contributed by atoms with E-state index in [1.54, 1.807) is 12.1 Å². The molecule has 0 saturated carbocycles. The highest BCUT2D eigenvalue weighted by molar-refractivity contribution is 7.94. The first-order valence-electron chi connectivity index (χ1n) is 4.92. The summed E-state index contributed by atoms with van der Waals surface area (Å²) >= 11 is 1.23. The standard InChI is InChI=1S/C9H12N4O2S2/c10-4-3-8-1-2-9(16-8)17(14,15)13-7-5-11-12-6-7/h1-2,5-6,13H,3-4,10H2,(H,11,12). The molecular formula is C9H12N4O2S2. The largest absolute Gasteiger partial charge is 0.330 e. The van der Waals surface area contributed by atoms with E-state index >= 15 is 0 Å². The number of hydrogen-bond donors (Lipinski definition) is 3. The van der Waals surface area contributed by atoms with Crippen molar-refractivity contribution in [1.82, 2.24) is 10.2 Å². The molecule has 4 N–H and O–H groups in total. The Morgan fingerprint density at radius 3 is 2.94 bits per heavy atom. The molecule has 2 aromatic heterocycles. The van der Waals surface area contributed by atoms with Gasteiger partial charge < -0.3 is 5.73 Å². The number of hydrogen-bond acceptors (Lipinski definition) is 5. The van der Waals surface area contributed by atoms with Crippen LogP contribution in [0.2, 0.25) is 0 Å². The maximum absolute atomic E-state index is 11.9. The minimum absolute atomic E-state index is 0.280. The molecule has 2 aromatic rings. The Kier molecular flexibility index (Phi) is 3.46. The Labute approximate surface area is 103 Å². The number of anilines is 1. The molecule has 0 aliphatic rings. The van der Waals surface area contributed by atoms with Crippen molar-refractivity contribution in [3.63, 3.8) is 0 Å². The van der Waals surface area contributed by atoms with Gasteiger partial charge in [0.2, 0.25) is 0 Å². The van der Waals surface area contributed by atoms with E-state index in [0.29, 0.717) is 18.7 Å². The number of H-pyrrole nitrogens is 1. The topological polar surface area (TPSA) is 101 Å². The van der Waals surface area contributed by atoms with E-state index in [2.05, 4.69) is 14.9 Å². The highest BCUT2D eigenvalue weighted by Gasteiger charge is 2.17. The number of nitrogens with two attached hydrogens (primary N) is 1. The molecular weight excluding hydrogens is 260 g/mol. The summed E-state index contributed by atoms with van der Waals surface area (Å²) in [6.45, 7) is 0.509. The fraction of sp³-hybridized carbons (Fsp3) is 0.222. The molecule has 8 heteroatoms. The van der Waals surface area contributed by atoms with Crippen LogP contribution in [-0.2, 0) is 16.4 Å². The second-order valence-corrected chi connectivity index (χ2v) is 6.43. The van der Waals surface area contributed by atoms with E-state index < -0.39 is 10.0 Å². The Morgan fingerprint density at radius 2 is 2.29 bits per heavy atom. The van der Waals surface area contributed by atoms with Crippen LogP contribution < -0.4 is 10.5 Å². The first-order valence-corrected chi connectivity index (χ1v) is 7.22. The molecule has 0 bridgehead atoms. The fourth-order valence-electron chi connectivity index (χ4n) is 1.29. The van der Waals surface area contributed by atoms with Gasteiger partial charge in [-0.2, -0.15) is 5.10 Å². The number of aromatic nitrogens is 2. The lowest BCUT2D eigenvalue weighted by atomic mass is 10.3. The van der Waals surface area contributed by atoms with Crippen molar-refractivity contribution in [3.05, 3.63) is 29.4 Å². The zero-order valence-electron chi connectivity index (χ0n) is 8.88. The van der Waals surface area contributed by atoms with E-state index in [1.807, 2.05) is 0 Å². The molecule has 2 heterocycles. The molecule has 92 valence electrons. The summed E-state index contributed by atoms with van der Waals surface area (Å²) in [5, 5.41) is 6.21. The van der Waals surface area contributed by atoms with Gasteiger partial charge in [-0.15, -0.1) is 11.3 Å². The highest BCUT2D eigenvalue weighted by atomic mass is 32.2. The van der Waals surface area contributed by atoms with Gasteiger partial charge in [-0.1, -0.05) is 0 Å². The zero-order chi connectivity index (χ0) is 12.3. The minimum Gasteiger partial charge on any atom is -0.330 e. The number of rotatable bonds is 5. The molecule has 0 amide bonds. The summed E-state index contributed by atoms with van der Waals surface area (Å²) in [5.41, 5.74) is 5.83. The van der Waals surface area contributed by atoms with Crippen LogP contribution in [0.5, 0.6) is 0 Å². The lowest BCUT2D eigenvalue weighted by Crippen LogP contribution is -2.10. The zero-order valence-corrected chi connectivity index (χ0v) is 10.5. The molecule has 0 aliphatic carbocycles. The van der Waals surface area contributed by atoms with Crippen LogP contribution in [0.15, 0.2) is 28.7 Å². The number of sulfonamides is 1. The minimum atomic E-state index is -3.51. The van der Waals surface area contributed by atoms with Crippen molar-refractivity contribution in [3.8, 4) is 0 Å². The summed E-state index contributed by atoms with van der Waals surface area (Å²) in [6.07, 6.45) is 3.57. The van der Waals surface area contributed by atoms with Gasteiger partial charge in [-0.05, 0) is 25.1 Å². The third-order valence-corrected chi connectivity index (χ3v) is 5.06. The van der Waals surface area contributed by atoms with Crippen molar-refractivity contribution >= 4 is 27.0 Å². The maximum Gasteiger partial charge on any atom is 0.271 e. The molecule has 17 heavy (non-hydrogen) atoms. The molecule has 0 saturated heterocycles. The average molecular weight is 272 g/mol. The number of thiophene rings is 1. The van der Waals surface area contributed by atoms with Crippen molar-refractivity contribution in [2.24, 2.45) is 5.73 Å². The van der Waals surface area contributed by atoms with Gasteiger partial charge in [0.15, 0.2) is 0 Å². The molecule has 0 radical (unpaired) electrons. The Balaban J connectivity index is 2.19. The van der Waals surface area contributed by atoms with Crippen molar-refractivity contribution in [1.29, 1.82) is 0 Å². The van der Waals surface area contributed by atoms with Crippen LogP contribution in [0.25, 0.3) is 0 Å². The van der Waals surface area contributed by atoms with Gasteiger partial charge in [0, 0.05) is 11.1 Å². The summed E-state index contributed by atoms with van der Waals surface area (Å²) in [5.74, 6) is 0. The number of nitrogens with zero attached hydrogens (tertiary/aromatic N) is 1. The Hall–Kier alpha value is -1.38. The van der Waals surface area contributed by atoms with Gasteiger partial charge in [0.05, 0.1) is 11.9 Å². The van der Waals surface area contributed by atoms with Gasteiger partial charge in [-0.25, -0.2) is 8.42 Å². The van der Waals surface area contributed by atoms with Crippen LogP contribution in [-0.4, -0.2) is 25.2 Å².